The third-order valence-electron chi connectivity index (χ3n) is 4.21. The van der Waals surface area contributed by atoms with E-state index >= 15 is 0 Å². The van der Waals surface area contributed by atoms with Gasteiger partial charge in [0, 0.05) is 13.3 Å². The number of hydrogen-bond acceptors (Lipinski definition) is 6. The number of unbranched alkanes of at least 4 members (excludes halogenated alkanes) is 4. The second kappa shape index (κ2) is 21.1. The Morgan fingerprint density at radius 3 is 2.32 bits per heavy atom. The topological polar surface area (TPSA) is 93.1 Å². The highest BCUT2D eigenvalue weighted by Gasteiger charge is 2.09. The average Bonchev–Trinajstić information content (AvgIpc) is 2.74. The molecule has 0 aromatic carbocycles. The molecule has 0 aliphatic carbocycles. The van der Waals surface area contributed by atoms with Gasteiger partial charge in [0.2, 0.25) is 0 Å². The van der Waals surface area contributed by atoms with Gasteiger partial charge in [-0.1, -0.05) is 68.4 Å². The Bertz CT molecular complexity index is 577. The van der Waals surface area contributed by atoms with Gasteiger partial charge in [0.1, 0.15) is 19.3 Å². The zero-order valence-corrected chi connectivity index (χ0v) is 19.1. The van der Waals surface area contributed by atoms with Crippen molar-refractivity contribution in [3.8, 4) is 0 Å². The molecular formula is C25H40O6. The monoisotopic (exact) mass is 436 g/mol. The van der Waals surface area contributed by atoms with E-state index in [0.717, 1.165) is 12.8 Å². The Hall–Kier alpha value is -2.18. The maximum absolute atomic E-state index is 11.6. The Balaban J connectivity index is 3.73. The molecule has 0 saturated heterocycles. The summed E-state index contributed by atoms with van der Waals surface area (Å²) in [5.74, 6) is -0.889. The van der Waals surface area contributed by atoms with Crippen LogP contribution in [0.3, 0.4) is 0 Å². The van der Waals surface area contributed by atoms with E-state index in [1.807, 2.05) is 18.2 Å². The highest BCUT2D eigenvalue weighted by molar-refractivity contribution is 5.69. The van der Waals surface area contributed by atoms with E-state index in [1.165, 1.54) is 26.2 Å². The van der Waals surface area contributed by atoms with Crippen molar-refractivity contribution in [2.45, 2.75) is 83.8 Å². The number of aliphatic hydroxyl groups is 2. The van der Waals surface area contributed by atoms with Gasteiger partial charge in [0.05, 0.1) is 6.10 Å². The third kappa shape index (κ3) is 22.3. The van der Waals surface area contributed by atoms with E-state index in [4.69, 9.17) is 4.74 Å². The van der Waals surface area contributed by atoms with Gasteiger partial charge in [-0.3, -0.25) is 9.59 Å². The lowest BCUT2D eigenvalue weighted by Crippen LogP contribution is -2.24. The molecule has 6 heteroatoms. The first-order valence-electron chi connectivity index (χ1n) is 11.2. The van der Waals surface area contributed by atoms with E-state index in [9.17, 15) is 19.8 Å². The zero-order valence-electron chi connectivity index (χ0n) is 19.1. The fourth-order valence-electron chi connectivity index (χ4n) is 2.47. The van der Waals surface area contributed by atoms with Crippen molar-refractivity contribution in [1.82, 2.24) is 0 Å². The van der Waals surface area contributed by atoms with Crippen molar-refractivity contribution < 1.29 is 29.3 Å². The van der Waals surface area contributed by atoms with Crippen molar-refractivity contribution in [2.75, 3.05) is 13.2 Å². The number of rotatable bonds is 18. The van der Waals surface area contributed by atoms with Gasteiger partial charge < -0.3 is 19.7 Å². The molecule has 0 amide bonds. The summed E-state index contributed by atoms with van der Waals surface area (Å²) < 4.78 is 9.54. The van der Waals surface area contributed by atoms with Crippen LogP contribution < -0.4 is 0 Å². The second-order valence-electron chi connectivity index (χ2n) is 7.32. The lowest BCUT2D eigenvalue weighted by molar-refractivity contribution is -0.151. The smallest absolute Gasteiger partial charge is 0.305 e. The molecule has 0 rings (SSSR count). The molecule has 0 aliphatic rings. The van der Waals surface area contributed by atoms with Crippen LogP contribution >= 0.6 is 0 Å². The molecule has 2 N–H and O–H groups in total. The lowest BCUT2D eigenvalue weighted by Gasteiger charge is -2.10. The number of esters is 2. The van der Waals surface area contributed by atoms with Crippen LogP contribution in [0.5, 0.6) is 0 Å². The molecule has 6 nitrogen and oxygen atoms in total. The van der Waals surface area contributed by atoms with Gasteiger partial charge >= 0.3 is 11.9 Å². The molecule has 0 aromatic heterocycles. The molecule has 0 aromatic rings. The van der Waals surface area contributed by atoms with Gasteiger partial charge in [-0.05, 0) is 38.5 Å². The summed E-state index contributed by atoms with van der Waals surface area (Å²) >= 11 is 0. The quantitative estimate of drug-likeness (QED) is 0.141. The maximum atomic E-state index is 11.6. The van der Waals surface area contributed by atoms with E-state index in [0.29, 0.717) is 19.3 Å². The van der Waals surface area contributed by atoms with Crippen LogP contribution in [0.1, 0.15) is 71.6 Å². The van der Waals surface area contributed by atoms with Crippen LogP contribution in [0.25, 0.3) is 0 Å². The number of ether oxygens (including phenoxy) is 2. The Kier molecular flexibility index (Phi) is 19.6. The van der Waals surface area contributed by atoms with Crippen LogP contribution in [0.15, 0.2) is 48.6 Å². The Morgan fingerprint density at radius 2 is 1.58 bits per heavy atom. The molecule has 31 heavy (non-hydrogen) atoms. The summed E-state index contributed by atoms with van der Waals surface area (Å²) in [5.41, 5.74) is 0. The molecular weight excluding hydrogens is 396 g/mol. The predicted molar refractivity (Wildman–Crippen MR) is 123 cm³/mol. The summed E-state index contributed by atoms with van der Waals surface area (Å²) in [7, 11) is 0. The average molecular weight is 437 g/mol. The minimum absolute atomic E-state index is 0.185. The summed E-state index contributed by atoms with van der Waals surface area (Å²) in [6, 6.07) is 0. The van der Waals surface area contributed by atoms with Crippen molar-refractivity contribution >= 4 is 11.9 Å². The van der Waals surface area contributed by atoms with Crippen LogP contribution in [0.2, 0.25) is 0 Å². The van der Waals surface area contributed by atoms with E-state index in [2.05, 4.69) is 29.9 Å². The Morgan fingerprint density at radius 1 is 0.871 bits per heavy atom. The van der Waals surface area contributed by atoms with E-state index < -0.39 is 24.1 Å². The number of carbonyl (C=O) groups excluding carboxylic acids is 2. The minimum atomic E-state index is -1.01. The van der Waals surface area contributed by atoms with Gasteiger partial charge in [-0.2, -0.15) is 0 Å². The molecule has 0 radical (unpaired) electrons. The first-order valence-corrected chi connectivity index (χ1v) is 11.2. The molecule has 176 valence electrons. The minimum Gasteiger partial charge on any atom is -0.463 e. The molecule has 0 aliphatic heterocycles. The molecule has 0 saturated carbocycles. The molecule has 0 fully saturated rings. The highest BCUT2D eigenvalue weighted by atomic mass is 16.6. The Labute approximate surface area is 187 Å². The number of carbonyl (C=O) groups is 2. The van der Waals surface area contributed by atoms with Crippen molar-refractivity contribution in [3.05, 3.63) is 48.6 Å². The van der Waals surface area contributed by atoms with Crippen molar-refractivity contribution in [1.29, 1.82) is 0 Å². The van der Waals surface area contributed by atoms with E-state index in [-0.39, 0.29) is 19.6 Å². The summed E-state index contributed by atoms with van der Waals surface area (Å²) in [4.78, 5) is 22.2. The van der Waals surface area contributed by atoms with Crippen LogP contribution in [0, 0.1) is 0 Å². The fraction of sp³-hybridized carbons (Fsp3) is 0.600. The maximum Gasteiger partial charge on any atom is 0.305 e. The number of aliphatic hydroxyl groups excluding tert-OH is 2. The highest BCUT2D eigenvalue weighted by Crippen LogP contribution is 2.03. The summed E-state index contributed by atoms with van der Waals surface area (Å²) in [6.45, 7) is 3.07. The van der Waals surface area contributed by atoms with Gasteiger partial charge in [0.25, 0.3) is 0 Å². The second-order valence-corrected chi connectivity index (χ2v) is 7.32. The molecule has 0 bridgehead atoms. The van der Waals surface area contributed by atoms with Crippen LogP contribution in [-0.4, -0.2) is 47.6 Å². The van der Waals surface area contributed by atoms with Gasteiger partial charge in [-0.15, -0.1) is 0 Å². The van der Waals surface area contributed by atoms with Gasteiger partial charge in [0.15, 0.2) is 0 Å². The number of allylic oxidation sites excluding steroid dienone is 6. The van der Waals surface area contributed by atoms with Crippen LogP contribution in [0.4, 0.5) is 0 Å². The first kappa shape index (κ1) is 28.8. The molecule has 2 atom stereocenters. The van der Waals surface area contributed by atoms with Crippen molar-refractivity contribution in [3.63, 3.8) is 0 Å². The standard InChI is InChI=1S/C25H40O6/c1-3-4-5-6-7-8-9-11-14-17-23(27)18-15-12-10-13-16-19-25(29)31-21-24(28)20-30-22(2)26/h7-8,10-12,14-15,18,23-24,27-28H,3-6,9,13,16-17,19-21H2,1-2H3/b8-7-,12-10+,14-11-,18-15-/t23?,24-/m0/s1. The van der Waals surface area contributed by atoms with E-state index in [1.54, 1.807) is 12.2 Å². The number of hydrogen-bond donors (Lipinski definition) is 2. The predicted octanol–water partition coefficient (Wildman–Crippen LogP) is 4.57. The summed E-state index contributed by atoms with van der Waals surface area (Å²) in [5, 5.41) is 19.4. The molecule has 0 spiro atoms. The van der Waals surface area contributed by atoms with Crippen molar-refractivity contribution in [2.24, 2.45) is 0 Å². The lowest BCUT2D eigenvalue weighted by atomic mass is 10.2. The largest absolute Gasteiger partial charge is 0.463 e. The van der Waals surface area contributed by atoms with Gasteiger partial charge in [-0.25, -0.2) is 0 Å². The third-order valence-corrected chi connectivity index (χ3v) is 4.21. The summed E-state index contributed by atoms with van der Waals surface area (Å²) in [6.07, 6.45) is 22.2. The fourth-order valence-corrected chi connectivity index (χ4v) is 2.47. The molecule has 0 heterocycles. The first-order chi connectivity index (χ1) is 15.0. The zero-order chi connectivity index (χ0) is 23.2. The van der Waals surface area contributed by atoms with Crippen LogP contribution in [-0.2, 0) is 19.1 Å². The molecule has 1 unspecified atom stereocenters. The SMILES string of the molecule is CCCCC/C=C\C/C=C\CC(O)/C=C\C=C\CCCC(=O)OC[C@@H](O)COC(C)=O. The normalized spacial score (nSPS) is 14.1.